The Bertz CT molecular complexity index is 1170. The second-order valence-electron chi connectivity index (χ2n) is 12.4. The number of hydrogen-bond donors (Lipinski definition) is 0. The highest BCUT2D eigenvalue weighted by molar-refractivity contribution is 5.91. The standard InChI is InChI=1S/C41H58O4/c1-4-6-8-10-12-13-14-15-17-19-33-44-39-28-24-36(25-29-39)37-26-30-40(31-27-37)45-41(42)38-22-20-35(21-23-38)34(3)43-32-18-16-11-9-7-5-2/h20-31,34H,4-19,32-33H2,1-3H3. The third-order valence-electron chi connectivity index (χ3n) is 8.50. The lowest BCUT2D eigenvalue weighted by atomic mass is 10.1. The van der Waals surface area contributed by atoms with Crippen molar-refractivity contribution in [1.29, 1.82) is 0 Å². The minimum absolute atomic E-state index is 0.00317. The van der Waals surface area contributed by atoms with E-state index in [-0.39, 0.29) is 12.1 Å². The molecular weight excluding hydrogens is 556 g/mol. The molecule has 1 unspecified atom stereocenters. The van der Waals surface area contributed by atoms with E-state index < -0.39 is 0 Å². The number of carbonyl (C=O) groups is 1. The molecule has 0 fully saturated rings. The average molecular weight is 615 g/mol. The second-order valence-corrected chi connectivity index (χ2v) is 12.4. The van der Waals surface area contributed by atoms with E-state index in [1.807, 2.05) is 60.7 Å². The molecule has 0 saturated heterocycles. The van der Waals surface area contributed by atoms with E-state index in [1.165, 1.54) is 89.9 Å². The lowest BCUT2D eigenvalue weighted by molar-refractivity contribution is 0.0626. The molecule has 0 aromatic heterocycles. The monoisotopic (exact) mass is 614 g/mol. The largest absolute Gasteiger partial charge is 0.494 e. The summed E-state index contributed by atoms with van der Waals surface area (Å²) in [5.41, 5.74) is 3.76. The molecule has 0 aliphatic heterocycles. The molecule has 4 heteroatoms. The molecule has 3 aromatic rings. The first-order chi connectivity index (χ1) is 22.1. The van der Waals surface area contributed by atoms with Crippen LogP contribution in [0.3, 0.4) is 0 Å². The molecule has 0 bridgehead atoms. The highest BCUT2D eigenvalue weighted by atomic mass is 16.5. The molecule has 4 nitrogen and oxygen atoms in total. The minimum Gasteiger partial charge on any atom is -0.494 e. The summed E-state index contributed by atoms with van der Waals surface area (Å²) in [6, 6.07) is 23.4. The second kappa shape index (κ2) is 22.4. The highest BCUT2D eigenvalue weighted by Gasteiger charge is 2.11. The predicted octanol–water partition coefficient (Wildman–Crippen LogP) is 12.3. The average Bonchev–Trinajstić information content (AvgIpc) is 3.07. The van der Waals surface area contributed by atoms with Gasteiger partial charge in [-0.25, -0.2) is 4.79 Å². The zero-order valence-electron chi connectivity index (χ0n) is 28.4. The number of rotatable bonds is 24. The number of ether oxygens (including phenoxy) is 3. The lowest BCUT2D eigenvalue weighted by Gasteiger charge is -2.14. The normalized spacial score (nSPS) is 11.8. The molecule has 0 amide bonds. The molecule has 3 aromatic carbocycles. The SMILES string of the molecule is CCCCCCCCCCCCOc1ccc(-c2ccc(OC(=O)c3ccc(C(C)OCCCCCCCC)cc3)cc2)cc1. The first-order valence-corrected chi connectivity index (χ1v) is 17.9. The van der Waals surface area contributed by atoms with Gasteiger partial charge in [-0.3, -0.25) is 0 Å². The van der Waals surface area contributed by atoms with E-state index >= 15 is 0 Å². The molecule has 0 N–H and O–H groups in total. The summed E-state index contributed by atoms with van der Waals surface area (Å²) in [4.78, 5) is 12.8. The molecule has 0 aliphatic carbocycles. The van der Waals surface area contributed by atoms with Gasteiger partial charge in [0.15, 0.2) is 0 Å². The van der Waals surface area contributed by atoms with Crippen LogP contribution in [0, 0.1) is 0 Å². The van der Waals surface area contributed by atoms with Crippen LogP contribution < -0.4 is 9.47 Å². The van der Waals surface area contributed by atoms with Gasteiger partial charge in [0.2, 0.25) is 0 Å². The third kappa shape index (κ3) is 14.7. The Kier molecular flexibility index (Phi) is 18.1. The Morgan fingerprint density at radius 3 is 1.49 bits per heavy atom. The van der Waals surface area contributed by atoms with Crippen LogP contribution in [0.25, 0.3) is 11.1 Å². The van der Waals surface area contributed by atoms with Crippen LogP contribution in [0.1, 0.15) is 146 Å². The van der Waals surface area contributed by atoms with E-state index in [0.29, 0.717) is 11.3 Å². The smallest absolute Gasteiger partial charge is 0.343 e. The van der Waals surface area contributed by atoms with Gasteiger partial charge in [0, 0.05) is 6.61 Å². The Hall–Kier alpha value is -3.11. The molecule has 0 heterocycles. The Morgan fingerprint density at radius 2 is 0.978 bits per heavy atom. The molecule has 246 valence electrons. The van der Waals surface area contributed by atoms with Gasteiger partial charge in [0.05, 0.1) is 18.3 Å². The number of carbonyl (C=O) groups excluding carboxylic acids is 1. The van der Waals surface area contributed by atoms with Crippen molar-refractivity contribution in [3.8, 4) is 22.6 Å². The Morgan fingerprint density at radius 1 is 0.533 bits per heavy atom. The van der Waals surface area contributed by atoms with Gasteiger partial charge in [-0.2, -0.15) is 0 Å². The van der Waals surface area contributed by atoms with Crippen molar-refractivity contribution >= 4 is 5.97 Å². The molecule has 3 rings (SSSR count). The van der Waals surface area contributed by atoms with Crippen molar-refractivity contribution in [2.45, 2.75) is 130 Å². The summed E-state index contributed by atoms with van der Waals surface area (Å²) in [5.74, 6) is 1.07. The fraction of sp³-hybridized carbons (Fsp3) is 0.537. The summed E-state index contributed by atoms with van der Waals surface area (Å²) in [6.07, 6.45) is 20.8. The zero-order valence-corrected chi connectivity index (χ0v) is 28.4. The van der Waals surface area contributed by atoms with Crippen LogP contribution in [0.15, 0.2) is 72.8 Å². The van der Waals surface area contributed by atoms with Gasteiger partial charge in [-0.15, -0.1) is 0 Å². The van der Waals surface area contributed by atoms with Crippen LogP contribution in [-0.2, 0) is 4.74 Å². The van der Waals surface area contributed by atoms with Gasteiger partial charge < -0.3 is 14.2 Å². The number of benzene rings is 3. The van der Waals surface area contributed by atoms with E-state index in [0.717, 1.165) is 48.5 Å². The molecule has 45 heavy (non-hydrogen) atoms. The lowest BCUT2D eigenvalue weighted by Crippen LogP contribution is -2.09. The van der Waals surface area contributed by atoms with E-state index in [1.54, 1.807) is 0 Å². The van der Waals surface area contributed by atoms with Crippen LogP contribution in [0.2, 0.25) is 0 Å². The first kappa shape index (κ1) is 36.4. The van der Waals surface area contributed by atoms with Crippen molar-refractivity contribution in [3.63, 3.8) is 0 Å². The molecule has 0 spiro atoms. The van der Waals surface area contributed by atoms with Gasteiger partial charge in [0.25, 0.3) is 0 Å². The van der Waals surface area contributed by atoms with Crippen molar-refractivity contribution in [1.82, 2.24) is 0 Å². The van der Waals surface area contributed by atoms with Crippen molar-refractivity contribution in [3.05, 3.63) is 83.9 Å². The molecule has 0 radical (unpaired) electrons. The van der Waals surface area contributed by atoms with E-state index in [4.69, 9.17) is 14.2 Å². The number of hydrogen-bond acceptors (Lipinski definition) is 4. The maximum atomic E-state index is 12.8. The van der Waals surface area contributed by atoms with Gasteiger partial charge in [-0.1, -0.05) is 140 Å². The van der Waals surface area contributed by atoms with Gasteiger partial charge >= 0.3 is 5.97 Å². The van der Waals surface area contributed by atoms with Gasteiger partial charge in [-0.05, 0) is 72.9 Å². The van der Waals surface area contributed by atoms with Crippen molar-refractivity contribution < 1.29 is 19.0 Å². The minimum atomic E-state index is -0.362. The molecular formula is C41H58O4. The van der Waals surface area contributed by atoms with Crippen LogP contribution in [-0.4, -0.2) is 19.2 Å². The maximum Gasteiger partial charge on any atom is 0.343 e. The Labute approximate surface area is 273 Å². The third-order valence-corrected chi connectivity index (χ3v) is 8.50. The van der Waals surface area contributed by atoms with E-state index in [2.05, 4.69) is 32.9 Å². The van der Waals surface area contributed by atoms with Crippen LogP contribution in [0.5, 0.6) is 11.5 Å². The summed E-state index contributed by atoms with van der Waals surface area (Å²) < 4.78 is 17.6. The fourth-order valence-corrected chi connectivity index (χ4v) is 5.53. The quantitative estimate of drug-likeness (QED) is 0.0572. The summed E-state index contributed by atoms with van der Waals surface area (Å²) >= 11 is 0. The fourth-order valence-electron chi connectivity index (χ4n) is 5.53. The maximum absolute atomic E-state index is 12.8. The summed E-state index contributed by atoms with van der Waals surface area (Å²) in [7, 11) is 0. The molecule has 1 atom stereocenters. The van der Waals surface area contributed by atoms with Crippen molar-refractivity contribution in [2.75, 3.05) is 13.2 Å². The number of esters is 1. The van der Waals surface area contributed by atoms with Crippen LogP contribution >= 0.6 is 0 Å². The van der Waals surface area contributed by atoms with Gasteiger partial charge in [0.1, 0.15) is 11.5 Å². The van der Waals surface area contributed by atoms with Crippen molar-refractivity contribution in [2.24, 2.45) is 0 Å². The molecule has 0 saturated carbocycles. The summed E-state index contributed by atoms with van der Waals surface area (Å²) in [5, 5.41) is 0. The molecule has 0 aliphatic rings. The summed E-state index contributed by atoms with van der Waals surface area (Å²) in [6.45, 7) is 8.11. The predicted molar refractivity (Wildman–Crippen MR) is 188 cm³/mol. The first-order valence-electron chi connectivity index (χ1n) is 17.9. The Balaban J connectivity index is 1.33. The highest BCUT2D eigenvalue weighted by Crippen LogP contribution is 2.26. The van der Waals surface area contributed by atoms with E-state index in [9.17, 15) is 4.79 Å². The van der Waals surface area contributed by atoms with Crippen LogP contribution in [0.4, 0.5) is 0 Å². The number of unbranched alkanes of at least 4 members (excludes halogenated alkanes) is 14. The zero-order chi connectivity index (χ0) is 32.0. The topological polar surface area (TPSA) is 44.8 Å².